The molecule has 1 saturated carbocycles. The van der Waals surface area contributed by atoms with Crippen LogP contribution in [-0.4, -0.2) is 26.2 Å². The lowest BCUT2D eigenvalue weighted by atomic mass is 9.92. The third kappa shape index (κ3) is 3.35. The third-order valence-electron chi connectivity index (χ3n) is 7.10. The molecule has 1 aromatic heterocycles. The van der Waals surface area contributed by atoms with Crippen molar-refractivity contribution in [1.29, 1.82) is 0 Å². The van der Waals surface area contributed by atoms with Crippen molar-refractivity contribution in [2.75, 3.05) is 0 Å². The average molecular weight is 458 g/mol. The Morgan fingerprint density at radius 1 is 0.629 bits per heavy atom. The minimum absolute atomic E-state index is 0.115. The molecule has 5 nitrogen and oxygen atoms in total. The Labute approximate surface area is 202 Å². The van der Waals surface area contributed by atoms with Crippen LogP contribution >= 0.6 is 0 Å². The fraction of sp³-hybridized carbons (Fsp3) is 0.167. The van der Waals surface area contributed by atoms with Crippen LogP contribution in [0, 0.1) is 0 Å². The maximum absolute atomic E-state index is 10.5. The molecule has 7 rings (SSSR count). The van der Waals surface area contributed by atoms with Gasteiger partial charge in [-0.2, -0.15) is 9.97 Å². The molecule has 1 heterocycles. The van der Waals surface area contributed by atoms with Crippen LogP contribution in [0.1, 0.15) is 25.7 Å². The summed E-state index contributed by atoms with van der Waals surface area (Å²) in [6.45, 7) is 0. The minimum atomic E-state index is 0.115. The molecule has 1 N–H and O–H groups in total. The van der Waals surface area contributed by atoms with Gasteiger partial charge in [0.15, 0.2) is 11.6 Å². The number of ether oxygens (including phenoxy) is 1. The average Bonchev–Trinajstić information content (AvgIpc) is 3.40. The molecule has 5 aromatic carbocycles. The molecule has 0 saturated heterocycles. The number of phenolic OH excluding ortho intramolecular Hbond substituents is 1. The Balaban J connectivity index is 1.47. The Morgan fingerprint density at radius 3 is 2.06 bits per heavy atom. The molecule has 0 bridgehead atoms. The zero-order chi connectivity index (χ0) is 23.4. The summed E-state index contributed by atoms with van der Waals surface area (Å²) in [5, 5.41) is 17.7. The number of nitrogens with zero attached hydrogens (tertiary/aromatic N) is 3. The van der Waals surface area contributed by atoms with Crippen molar-refractivity contribution in [1.82, 2.24) is 15.0 Å². The largest absolute Gasteiger partial charge is 0.507 e. The SMILES string of the molecule is Oc1ccccc1-c1nc(OC2CCCC2)nc(-c2ccc3ccc4cccc5ccc2c3c45)n1. The molecule has 0 unspecified atom stereocenters. The van der Waals surface area contributed by atoms with Crippen LogP contribution in [0.3, 0.4) is 0 Å². The van der Waals surface area contributed by atoms with E-state index in [1.807, 2.05) is 12.1 Å². The van der Waals surface area contributed by atoms with Crippen molar-refractivity contribution in [2.24, 2.45) is 0 Å². The zero-order valence-electron chi connectivity index (χ0n) is 19.1. The third-order valence-corrected chi connectivity index (χ3v) is 7.10. The second kappa shape index (κ2) is 7.91. The van der Waals surface area contributed by atoms with E-state index in [9.17, 15) is 5.11 Å². The normalized spacial score (nSPS) is 14.4. The van der Waals surface area contributed by atoms with Crippen LogP contribution in [-0.2, 0) is 0 Å². The van der Waals surface area contributed by atoms with Crippen molar-refractivity contribution in [2.45, 2.75) is 31.8 Å². The molecule has 0 radical (unpaired) electrons. The van der Waals surface area contributed by atoms with Gasteiger partial charge in [0.05, 0.1) is 5.56 Å². The lowest BCUT2D eigenvalue weighted by Crippen LogP contribution is -2.14. The van der Waals surface area contributed by atoms with Gasteiger partial charge in [-0.15, -0.1) is 0 Å². The second-order valence-electron chi connectivity index (χ2n) is 9.28. The number of phenols is 1. The summed E-state index contributed by atoms with van der Waals surface area (Å²) >= 11 is 0. The van der Waals surface area contributed by atoms with Crippen molar-refractivity contribution < 1.29 is 9.84 Å². The molecule has 1 aliphatic carbocycles. The van der Waals surface area contributed by atoms with Gasteiger partial charge in [-0.25, -0.2) is 4.98 Å². The number of hydrogen-bond donors (Lipinski definition) is 1. The maximum atomic E-state index is 10.5. The van der Waals surface area contributed by atoms with E-state index < -0.39 is 0 Å². The summed E-state index contributed by atoms with van der Waals surface area (Å²) in [7, 11) is 0. The van der Waals surface area contributed by atoms with Crippen LogP contribution < -0.4 is 4.74 Å². The Kier molecular flexibility index (Phi) is 4.56. The van der Waals surface area contributed by atoms with Gasteiger partial charge in [0.2, 0.25) is 0 Å². The number of hydrogen-bond acceptors (Lipinski definition) is 5. The molecule has 5 heteroatoms. The molecule has 1 fully saturated rings. The van der Waals surface area contributed by atoms with Gasteiger partial charge in [-0.05, 0) is 76.2 Å². The first kappa shape index (κ1) is 20.2. The number of para-hydroxylation sites is 1. The van der Waals surface area contributed by atoms with Crippen LogP contribution in [0.2, 0.25) is 0 Å². The lowest BCUT2D eigenvalue weighted by Gasteiger charge is -2.16. The van der Waals surface area contributed by atoms with Crippen LogP contribution in [0.15, 0.2) is 78.9 Å². The topological polar surface area (TPSA) is 68.1 Å². The van der Waals surface area contributed by atoms with E-state index in [0.29, 0.717) is 23.2 Å². The van der Waals surface area contributed by atoms with E-state index in [-0.39, 0.29) is 11.9 Å². The van der Waals surface area contributed by atoms with Gasteiger partial charge >= 0.3 is 6.01 Å². The van der Waals surface area contributed by atoms with Crippen molar-refractivity contribution >= 4 is 32.3 Å². The first-order chi connectivity index (χ1) is 17.2. The predicted octanol–water partition coefficient (Wildman–Crippen LogP) is 7.13. The minimum Gasteiger partial charge on any atom is -0.507 e. The molecular weight excluding hydrogens is 434 g/mol. The standard InChI is InChI=1S/C30H23N3O2/c34-25-11-4-3-10-24(25)29-31-28(32-30(33-29)35-21-8-1-2-9-21)23-17-15-20-13-12-18-6-5-7-19-14-16-22(23)27(20)26(18)19/h3-7,10-17,21,34H,1-2,8-9H2. The molecule has 0 spiro atoms. The van der Waals surface area contributed by atoms with Gasteiger partial charge < -0.3 is 9.84 Å². The van der Waals surface area contributed by atoms with Crippen LogP contribution in [0.5, 0.6) is 11.8 Å². The van der Waals surface area contributed by atoms with Gasteiger partial charge in [0, 0.05) is 5.56 Å². The number of benzene rings is 5. The van der Waals surface area contributed by atoms with Gasteiger partial charge in [-0.3, -0.25) is 0 Å². The molecular formula is C30H23N3O2. The fourth-order valence-corrected chi connectivity index (χ4v) is 5.40. The van der Waals surface area contributed by atoms with E-state index in [1.54, 1.807) is 12.1 Å². The molecule has 170 valence electrons. The van der Waals surface area contributed by atoms with E-state index >= 15 is 0 Å². The first-order valence-electron chi connectivity index (χ1n) is 12.1. The lowest BCUT2D eigenvalue weighted by molar-refractivity contribution is 0.192. The molecule has 0 atom stereocenters. The van der Waals surface area contributed by atoms with E-state index in [4.69, 9.17) is 14.7 Å². The predicted molar refractivity (Wildman–Crippen MR) is 139 cm³/mol. The number of aromatic hydroxyl groups is 1. The Hall–Kier alpha value is -4.25. The monoisotopic (exact) mass is 457 g/mol. The number of rotatable bonds is 4. The molecule has 1 aliphatic rings. The summed E-state index contributed by atoms with van der Waals surface area (Å²) < 4.78 is 6.22. The number of aromatic nitrogens is 3. The molecule has 0 aliphatic heterocycles. The molecule has 6 aromatic rings. The highest BCUT2D eigenvalue weighted by Gasteiger charge is 2.21. The summed E-state index contributed by atoms with van der Waals surface area (Å²) in [6.07, 6.45) is 4.44. The second-order valence-corrected chi connectivity index (χ2v) is 9.28. The smallest absolute Gasteiger partial charge is 0.320 e. The fourth-order valence-electron chi connectivity index (χ4n) is 5.40. The van der Waals surface area contributed by atoms with Gasteiger partial charge in [0.25, 0.3) is 0 Å². The van der Waals surface area contributed by atoms with Gasteiger partial charge in [0.1, 0.15) is 11.9 Å². The zero-order valence-corrected chi connectivity index (χ0v) is 19.1. The van der Waals surface area contributed by atoms with E-state index in [2.05, 4.69) is 59.6 Å². The maximum Gasteiger partial charge on any atom is 0.320 e. The molecule has 35 heavy (non-hydrogen) atoms. The Morgan fingerprint density at radius 2 is 1.29 bits per heavy atom. The van der Waals surface area contributed by atoms with Crippen molar-refractivity contribution in [3.63, 3.8) is 0 Å². The summed E-state index contributed by atoms with van der Waals surface area (Å²) in [6, 6.07) is 26.7. The van der Waals surface area contributed by atoms with E-state index in [1.165, 1.54) is 26.9 Å². The van der Waals surface area contributed by atoms with Crippen LogP contribution in [0.25, 0.3) is 55.1 Å². The van der Waals surface area contributed by atoms with Crippen molar-refractivity contribution in [3.05, 3.63) is 78.9 Å². The quantitative estimate of drug-likeness (QED) is 0.285. The highest BCUT2D eigenvalue weighted by molar-refractivity contribution is 6.25. The van der Waals surface area contributed by atoms with Gasteiger partial charge in [-0.1, -0.05) is 60.7 Å². The van der Waals surface area contributed by atoms with Crippen LogP contribution in [0.4, 0.5) is 0 Å². The molecule has 0 amide bonds. The highest BCUT2D eigenvalue weighted by Crippen LogP contribution is 2.39. The van der Waals surface area contributed by atoms with Crippen molar-refractivity contribution in [3.8, 4) is 34.5 Å². The summed E-state index contributed by atoms with van der Waals surface area (Å²) in [5.74, 6) is 1.09. The first-order valence-corrected chi connectivity index (χ1v) is 12.1. The summed E-state index contributed by atoms with van der Waals surface area (Å²) in [4.78, 5) is 14.2. The summed E-state index contributed by atoms with van der Waals surface area (Å²) in [5.41, 5.74) is 1.48. The Bertz CT molecular complexity index is 1690. The van der Waals surface area contributed by atoms with E-state index in [0.717, 1.165) is 36.6 Å². The highest BCUT2D eigenvalue weighted by atomic mass is 16.5.